The van der Waals surface area contributed by atoms with Gasteiger partial charge in [0.05, 0.1) is 18.8 Å². The van der Waals surface area contributed by atoms with E-state index in [0.717, 1.165) is 0 Å². The predicted octanol–water partition coefficient (Wildman–Crippen LogP) is 0.949. The van der Waals surface area contributed by atoms with Crippen molar-refractivity contribution in [1.82, 2.24) is 0 Å². The first kappa shape index (κ1) is 10.5. The number of esters is 1. The second-order valence-electron chi connectivity index (χ2n) is 3.74. The van der Waals surface area contributed by atoms with Crippen LogP contribution in [0.2, 0.25) is 0 Å². The van der Waals surface area contributed by atoms with Gasteiger partial charge in [-0.05, 0) is 13.8 Å². The Morgan fingerprint density at radius 2 is 2.31 bits per heavy atom. The summed E-state index contributed by atoms with van der Waals surface area (Å²) in [6, 6.07) is 0. The van der Waals surface area contributed by atoms with Crippen molar-refractivity contribution in [2.45, 2.75) is 26.4 Å². The van der Waals surface area contributed by atoms with Crippen LogP contribution in [0.1, 0.15) is 20.8 Å². The van der Waals surface area contributed by atoms with E-state index >= 15 is 0 Å². The molecule has 1 unspecified atom stereocenters. The highest BCUT2D eigenvalue weighted by molar-refractivity contribution is 5.65. The lowest BCUT2D eigenvalue weighted by atomic mass is 9.91. The molecule has 0 spiro atoms. The molecule has 4 nitrogen and oxygen atoms in total. The fourth-order valence-electron chi connectivity index (χ4n) is 1.17. The minimum atomic E-state index is -0.270. The van der Waals surface area contributed by atoms with Gasteiger partial charge in [-0.15, -0.1) is 0 Å². The molecule has 0 radical (unpaired) electrons. The van der Waals surface area contributed by atoms with Gasteiger partial charge in [-0.25, -0.2) is 0 Å². The van der Waals surface area contributed by atoms with E-state index in [1.54, 1.807) is 0 Å². The highest BCUT2D eigenvalue weighted by Gasteiger charge is 2.34. The number of carbonyl (C=O) groups is 1. The molecule has 4 heteroatoms. The maximum absolute atomic E-state index is 10.6. The van der Waals surface area contributed by atoms with Crippen LogP contribution in [0.3, 0.4) is 0 Å². The zero-order valence-corrected chi connectivity index (χ0v) is 8.33. The van der Waals surface area contributed by atoms with E-state index in [0.29, 0.717) is 20.0 Å². The maximum Gasteiger partial charge on any atom is 0.302 e. The molecule has 0 aromatic carbocycles. The molecule has 1 aliphatic heterocycles. The van der Waals surface area contributed by atoms with E-state index in [1.807, 2.05) is 13.8 Å². The molecule has 1 atom stereocenters. The molecule has 0 aromatic heterocycles. The van der Waals surface area contributed by atoms with E-state index in [9.17, 15) is 4.79 Å². The minimum Gasteiger partial charge on any atom is -0.465 e. The Hall–Kier alpha value is -0.610. The van der Waals surface area contributed by atoms with Gasteiger partial charge in [0.2, 0.25) is 0 Å². The summed E-state index contributed by atoms with van der Waals surface area (Å²) in [4.78, 5) is 10.6. The molecule has 1 heterocycles. The Balaban J connectivity index is 2.41. The van der Waals surface area contributed by atoms with Crippen LogP contribution < -0.4 is 0 Å². The molecule has 0 amide bonds. The molecule has 0 bridgehead atoms. The molecule has 76 valence electrons. The zero-order chi connectivity index (χ0) is 9.90. The summed E-state index contributed by atoms with van der Waals surface area (Å²) in [6.07, 6.45) is 0. The summed E-state index contributed by atoms with van der Waals surface area (Å²) >= 11 is 0. The third-order valence-electron chi connectivity index (χ3n) is 2.30. The Morgan fingerprint density at radius 1 is 1.62 bits per heavy atom. The molecule has 1 fully saturated rings. The lowest BCUT2D eigenvalue weighted by Crippen LogP contribution is -2.45. The van der Waals surface area contributed by atoms with Gasteiger partial charge in [0, 0.05) is 12.8 Å². The molecule has 0 N–H and O–H groups in total. The van der Waals surface area contributed by atoms with Crippen molar-refractivity contribution in [3.8, 4) is 0 Å². The van der Waals surface area contributed by atoms with Gasteiger partial charge in [-0.3, -0.25) is 4.79 Å². The van der Waals surface area contributed by atoms with Crippen molar-refractivity contribution in [1.29, 1.82) is 0 Å². The van der Waals surface area contributed by atoms with Gasteiger partial charge in [0.15, 0.2) is 0 Å². The predicted molar refractivity (Wildman–Crippen MR) is 46.1 cm³/mol. The Morgan fingerprint density at radius 3 is 2.85 bits per heavy atom. The molecule has 0 saturated carbocycles. The van der Waals surface area contributed by atoms with Crippen LogP contribution >= 0.6 is 0 Å². The third-order valence-corrected chi connectivity index (χ3v) is 2.30. The first-order chi connectivity index (χ1) is 6.02. The number of ether oxygens (including phenoxy) is 3. The van der Waals surface area contributed by atoms with Gasteiger partial charge < -0.3 is 14.2 Å². The molecule has 0 aliphatic carbocycles. The van der Waals surface area contributed by atoms with Crippen LogP contribution in [0.15, 0.2) is 0 Å². The molecular weight excluding hydrogens is 172 g/mol. The topological polar surface area (TPSA) is 44.8 Å². The summed E-state index contributed by atoms with van der Waals surface area (Å²) in [6.45, 7) is 6.62. The molecular formula is C9H16O4. The average molecular weight is 188 g/mol. The fourth-order valence-corrected chi connectivity index (χ4v) is 1.17. The first-order valence-electron chi connectivity index (χ1n) is 4.37. The fraction of sp³-hybridized carbons (Fsp3) is 0.889. The second-order valence-corrected chi connectivity index (χ2v) is 3.74. The van der Waals surface area contributed by atoms with E-state index in [-0.39, 0.29) is 17.5 Å². The smallest absolute Gasteiger partial charge is 0.302 e. The first-order valence-corrected chi connectivity index (χ1v) is 4.37. The lowest BCUT2D eigenvalue weighted by molar-refractivity contribution is -0.220. The van der Waals surface area contributed by atoms with Crippen LogP contribution in [-0.4, -0.2) is 31.6 Å². The van der Waals surface area contributed by atoms with Crippen molar-refractivity contribution in [3.63, 3.8) is 0 Å². The SMILES string of the molecule is CC(=O)OCC1COCOC1(C)C. The summed E-state index contributed by atoms with van der Waals surface area (Å²) < 4.78 is 15.5. The van der Waals surface area contributed by atoms with E-state index in [2.05, 4.69) is 0 Å². The number of rotatable bonds is 2. The van der Waals surface area contributed by atoms with Crippen LogP contribution in [0.5, 0.6) is 0 Å². The second kappa shape index (κ2) is 4.07. The van der Waals surface area contributed by atoms with Gasteiger partial charge in [-0.2, -0.15) is 0 Å². The quantitative estimate of drug-likeness (QED) is 0.605. The zero-order valence-electron chi connectivity index (χ0n) is 8.33. The van der Waals surface area contributed by atoms with Crippen molar-refractivity contribution >= 4 is 5.97 Å². The molecule has 0 aromatic rings. The van der Waals surface area contributed by atoms with Crippen molar-refractivity contribution in [2.75, 3.05) is 20.0 Å². The Kier molecular flexibility index (Phi) is 3.27. The summed E-state index contributed by atoms with van der Waals surface area (Å²) in [5.74, 6) is -0.147. The van der Waals surface area contributed by atoms with Gasteiger partial charge >= 0.3 is 5.97 Å². The van der Waals surface area contributed by atoms with Gasteiger partial charge in [0.1, 0.15) is 6.79 Å². The van der Waals surface area contributed by atoms with Crippen LogP contribution in [0.4, 0.5) is 0 Å². The van der Waals surface area contributed by atoms with Crippen LogP contribution in [0, 0.1) is 5.92 Å². The standard InChI is InChI=1S/C9H16O4/c1-7(10)12-5-8-4-11-6-13-9(8,2)3/h8H,4-6H2,1-3H3. The van der Waals surface area contributed by atoms with Crippen LogP contribution in [-0.2, 0) is 19.0 Å². The number of carbonyl (C=O) groups excluding carboxylic acids is 1. The summed E-state index contributed by atoms with van der Waals surface area (Å²) in [5.41, 5.74) is -0.270. The molecule has 13 heavy (non-hydrogen) atoms. The van der Waals surface area contributed by atoms with E-state index in [4.69, 9.17) is 14.2 Å². The molecule has 1 rings (SSSR count). The van der Waals surface area contributed by atoms with Crippen molar-refractivity contribution in [3.05, 3.63) is 0 Å². The highest BCUT2D eigenvalue weighted by atomic mass is 16.7. The van der Waals surface area contributed by atoms with E-state index in [1.165, 1.54) is 6.92 Å². The lowest BCUT2D eigenvalue weighted by Gasteiger charge is -2.37. The number of hydrogen-bond acceptors (Lipinski definition) is 4. The largest absolute Gasteiger partial charge is 0.465 e. The third kappa shape index (κ3) is 2.97. The van der Waals surface area contributed by atoms with E-state index < -0.39 is 0 Å². The minimum absolute atomic E-state index is 0.116. The Labute approximate surface area is 78.2 Å². The maximum atomic E-state index is 10.6. The van der Waals surface area contributed by atoms with Gasteiger partial charge in [-0.1, -0.05) is 0 Å². The molecule has 1 saturated heterocycles. The Bertz CT molecular complexity index is 188. The summed E-state index contributed by atoms with van der Waals surface area (Å²) in [5, 5.41) is 0. The normalized spacial score (nSPS) is 26.8. The van der Waals surface area contributed by atoms with Crippen LogP contribution in [0.25, 0.3) is 0 Å². The monoisotopic (exact) mass is 188 g/mol. The molecule has 1 aliphatic rings. The van der Waals surface area contributed by atoms with Crippen molar-refractivity contribution < 1.29 is 19.0 Å². The average Bonchev–Trinajstić information content (AvgIpc) is 2.01. The van der Waals surface area contributed by atoms with Crippen molar-refractivity contribution in [2.24, 2.45) is 5.92 Å². The highest BCUT2D eigenvalue weighted by Crippen LogP contribution is 2.25. The number of hydrogen-bond donors (Lipinski definition) is 0. The van der Waals surface area contributed by atoms with Gasteiger partial charge in [0.25, 0.3) is 0 Å². The summed E-state index contributed by atoms with van der Waals surface area (Å²) in [7, 11) is 0.